The third-order valence-electron chi connectivity index (χ3n) is 1.50. The zero-order chi connectivity index (χ0) is 8.10. The number of aromatic nitrogens is 1. The molecule has 0 saturated heterocycles. The van der Waals surface area contributed by atoms with E-state index >= 15 is 0 Å². The van der Waals surface area contributed by atoms with Crippen LogP contribution in [0.1, 0.15) is 29.4 Å². The minimum Gasteiger partial charge on any atom is -0.296 e. The molecule has 0 N–H and O–H groups in total. The Morgan fingerprint density at radius 2 is 2.45 bits per heavy atom. The maximum atomic E-state index is 10.3. The van der Waals surface area contributed by atoms with Crippen molar-refractivity contribution in [3.63, 3.8) is 0 Å². The van der Waals surface area contributed by atoms with Gasteiger partial charge in [-0.15, -0.1) is 0 Å². The summed E-state index contributed by atoms with van der Waals surface area (Å²) in [6.07, 6.45) is 4.57. The molecule has 1 rings (SSSR count). The first-order valence-electron chi connectivity index (χ1n) is 3.77. The van der Waals surface area contributed by atoms with E-state index in [0.29, 0.717) is 5.69 Å². The van der Waals surface area contributed by atoms with Crippen molar-refractivity contribution in [2.45, 2.75) is 19.8 Å². The fourth-order valence-corrected chi connectivity index (χ4v) is 1.00. The van der Waals surface area contributed by atoms with Crippen molar-refractivity contribution < 1.29 is 4.79 Å². The fourth-order valence-electron chi connectivity index (χ4n) is 1.00. The lowest BCUT2D eigenvalue weighted by molar-refractivity contribution is 0.111. The standard InChI is InChI=1S/C9H11NO/c1-2-3-8-4-5-10-9(6-8)7-11/h4-7H,2-3H2,1H3. The Labute approximate surface area is 66.3 Å². The molecule has 0 aliphatic rings. The molecule has 0 atom stereocenters. The van der Waals surface area contributed by atoms with Crippen molar-refractivity contribution in [2.24, 2.45) is 0 Å². The lowest BCUT2D eigenvalue weighted by atomic mass is 10.1. The minimum absolute atomic E-state index is 0.524. The molecule has 0 bridgehead atoms. The van der Waals surface area contributed by atoms with Crippen LogP contribution in [0, 0.1) is 0 Å². The number of nitrogens with zero attached hydrogens (tertiary/aromatic N) is 1. The number of hydrogen-bond donors (Lipinski definition) is 0. The Morgan fingerprint density at radius 3 is 3.09 bits per heavy atom. The summed E-state index contributed by atoms with van der Waals surface area (Å²) in [4.78, 5) is 14.2. The smallest absolute Gasteiger partial charge is 0.168 e. The number of aryl methyl sites for hydroxylation is 1. The average Bonchev–Trinajstić information content (AvgIpc) is 2.06. The van der Waals surface area contributed by atoms with Crippen LogP contribution in [0.3, 0.4) is 0 Å². The topological polar surface area (TPSA) is 30.0 Å². The maximum absolute atomic E-state index is 10.3. The molecule has 58 valence electrons. The van der Waals surface area contributed by atoms with Gasteiger partial charge >= 0.3 is 0 Å². The van der Waals surface area contributed by atoms with Crippen LogP contribution < -0.4 is 0 Å². The normalized spacial score (nSPS) is 9.55. The third kappa shape index (κ3) is 2.15. The Bertz CT molecular complexity index is 245. The van der Waals surface area contributed by atoms with E-state index in [1.165, 1.54) is 5.56 Å². The van der Waals surface area contributed by atoms with E-state index in [1.54, 1.807) is 6.20 Å². The highest BCUT2D eigenvalue weighted by atomic mass is 16.1. The maximum Gasteiger partial charge on any atom is 0.168 e. The highest BCUT2D eigenvalue weighted by Gasteiger charge is 1.93. The van der Waals surface area contributed by atoms with Gasteiger partial charge in [-0.25, -0.2) is 0 Å². The van der Waals surface area contributed by atoms with E-state index in [0.717, 1.165) is 19.1 Å². The number of pyridine rings is 1. The molecule has 0 unspecified atom stereocenters. The molecule has 0 spiro atoms. The van der Waals surface area contributed by atoms with Crippen LogP contribution in [-0.4, -0.2) is 11.3 Å². The second kappa shape index (κ2) is 3.86. The summed E-state index contributed by atoms with van der Waals surface area (Å²) in [6, 6.07) is 3.77. The molecule has 1 aromatic rings. The quantitative estimate of drug-likeness (QED) is 0.614. The van der Waals surface area contributed by atoms with Crippen LogP contribution >= 0.6 is 0 Å². The minimum atomic E-state index is 0.524. The van der Waals surface area contributed by atoms with Crippen LogP contribution in [-0.2, 0) is 6.42 Å². The summed E-state index contributed by atoms with van der Waals surface area (Å²) < 4.78 is 0. The lowest BCUT2D eigenvalue weighted by Crippen LogP contribution is -1.89. The number of hydrogen-bond acceptors (Lipinski definition) is 2. The van der Waals surface area contributed by atoms with E-state index < -0.39 is 0 Å². The van der Waals surface area contributed by atoms with Gasteiger partial charge in [0, 0.05) is 6.20 Å². The molecule has 0 radical (unpaired) electrons. The molecule has 0 fully saturated rings. The van der Waals surface area contributed by atoms with Crippen molar-refractivity contribution in [2.75, 3.05) is 0 Å². The van der Waals surface area contributed by atoms with E-state index in [1.807, 2.05) is 12.1 Å². The predicted octanol–water partition coefficient (Wildman–Crippen LogP) is 1.85. The van der Waals surface area contributed by atoms with Crippen molar-refractivity contribution in [3.05, 3.63) is 29.6 Å². The van der Waals surface area contributed by atoms with Crippen molar-refractivity contribution in [3.8, 4) is 0 Å². The van der Waals surface area contributed by atoms with E-state index in [2.05, 4.69) is 11.9 Å². The fraction of sp³-hybridized carbons (Fsp3) is 0.333. The average molecular weight is 149 g/mol. The van der Waals surface area contributed by atoms with Crippen LogP contribution in [0.25, 0.3) is 0 Å². The molecule has 2 heteroatoms. The Morgan fingerprint density at radius 1 is 1.64 bits per heavy atom. The molecule has 1 heterocycles. The highest BCUT2D eigenvalue weighted by Crippen LogP contribution is 2.02. The largest absolute Gasteiger partial charge is 0.296 e. The zero-order valence-corrected chi connectivity index (χ0v) is 6.58. The summed E-state index contributed by atoms with van der Waals surface area (Å²) in [5.74, 6) is 0. The van der Waals surface area contributed by atoms with Gasteiger partial charge in [0.2, 0.25) is 0 Å². The molecule has 11 heavy (non-hydrogen) atoms. The first-order chi connectivity index (χ1) is 5.36. The van der Waals surface area contributed by atoms with Gasteiger partial charge in [0.25, 0.3) is 0 Å². The van der Waals surface area contributed by atoms with Crippen LogP contribution in [0.5, 0.6) is 0 Å². The van der Waals surface area contributed by atoms with Gasteiger partial charge in [-0.1, -0.05) is 13.3 Å². The van der Waals surface area contributed by atoms with Gasteiger partial charge in [-0.05, 0) is 24.1 Å². The van der Waals surface area contributed by atoms with E-state index in [9.17, 15) is 4.79 Å². The van der Waals surface area contributed by atoms with Gasteiger partial charge in [0.15, 0.2) is 6.29 Å². The van der Waals surface area contributed by atoms with Gasteiger partial charge in [-0.2, -0.15) is 0 Å². The van der Waals surface area contributed by atoms with Crippen LogP contribution in [0.15, 0.2) is 18.3 Å². The SMILES string of the molecule is CCCc1ccnc(C=O)c1. The molecular weight excluding hydrogens is 138 g/mol. The van der Waals surface area contributed by atoms with Gasteiger partial charge in [0.1, 0.15) is 5.69 Å². The molecule has 0 amide bonds. The van der Waals surface area contributed by atoms with E-state index in [-0.39, 0.29) is 0 Å². The number of aldehydes is 1. The second-order valence-electron chi connectivity index (χ2n) is 2.46. The first-order valence-corrected chi connectivity index (χ1v) is 3.77. The Kier molecular flexibility index (Phi) is 2.78. The summed E-state index contributed by atoms with van der Waals surface area (Å²) in [6.45, 7) is 2.11. The number of carbonyl (C=O) groups excluding carboxylic acids is 1. The molecule has 0 aliphatic carbocycles. The van der Waals surface area contributed by atoms with Gasteiger partial charge in [-0.3, -0.25) is 9.78 Å². The van der Waals surface area contributed by atoms with Gasteiger partial charge in [0.05, 0.1) is 0 Å². The second-order valence-corrected chi connectivity index (χ2v) is 2.46. The molecule has 1 aromatic heterocycles. The predicted molar refractivity (Wildman–Crippen MR) is 43.6 cm³/mol. The summed E-state index contributed by atoms with van der Waals surface area (Å²) >= 11 is 0. The van der Waals surface area contributed by atoms with Crippen molar-refractivity contribution >= 4 is 6.29 Å². The summed E-state index contributed by atoms with van der Waals surface area (Å²) in [5, 5.41) is 0. The zero-order valence-electron chi connectivity index (χ0n) is 6.58. The monoisotopic (exact) mass is 149 g/mol. The third-order valence-corrected chi connectivity index (χ3v) is 1.50. The van der Waals surface area contributed by atoms with Gasteiger partial charge < -0.3 is 0 Å². The van der Waals surface area contributed by atoms with E-state index in [4.69, 9.17) is 0 Å². The molecule has 0 aliphatic heterocycles. The first kappa shape index (κ1) is 7.92. The van der Waals surface area contributed by atoms with Crippen molar-refractivity contribution in [1.82, 2.24) is 4.98 Å². The molecule has 2 nitrogen and oxygen atoms in total. The Balaban J connectivity index is 2.82. The van der Waals surface area contributed by atoms with Crippen molar-refractivity contribution in [1.29, 1.82) is 0 Å². The highest BCUT2D eigenvalue weighted by molar-refractivity contribution is 5.71. The number of carbonyl (C=O) groups is 1. The molecule has 0 saturated carbocycles. The molecular formula is C9H11NO. The summed E-state index contributed by atoms with van der Waals surface area (Å²) in [5.41, 5.74) is 1.71. The van der Waals surface area contributed by atoms with Crippen LogP contribution in [0.2, 0.25) is 0 Å². The Hall–Kier alpha value is -1.18. The molecule has 0 aromatic carbocycles. The number of rotatable bonds is 3. The van der Waals surface area contributed by atoms with Crippen LogP contribution in [0.4, 0.5) is 0 Å². The lowest BCUT2D eigenvalue weighted by Gasteiger charge is -1.96. The summed E-state index contributed by atoms with van der Waals surface area (Å²) in [7, 11) is 0.